The predicted octanol–water partition coefficient (Wildman–Crippen LogP) is 2.50. The van der Waals surface area contributed by atoms with Gasteiger partial charge in [-0.1, -0.05) is 12.1 Å². The third kappa shape index (κ3) is 3.78. The number of aryl methyl sites for hydroxylation is 1. The Morgan fingerprint density at radius 1 is 1.14 bits per heavy atom. The molecule has 0 atom stereocenters. The van der Waals surface area contributed by atoms with Gasteiger partial charge in [0.25, 0.3) is 0 Å². The molecule has 2 aliphatic heterocycles. The van der Waals surface area contributed by atoms with Crippen LogP contribution in [0.5, 0.6) is 0 Å². The van der Waals surface area contributed by atoms with Crippen LogP contribution in [0.4, 0.5) is 5.69 Å². The summed E-state index contributed by atoms with van der Waals surface area (Å²) in [4.78, 5) is 4.82. The third-order valence-corrected chi connectivity index (χ3v) is 5.10. The van der Waals surface area contributed by atoms with Gasteiger partial charge in [-0.2, -0.15) is 0 Å². The summed E-state index contributed by atoms with van der Waals surface area (Å²) in [6, 6.07) is 7.01. The van der Waals surface area contributed by atoms with Crippen molar-refractivity contribution in [2.75, 3.05) is 45.2 Å². The molecular weight excluding hydrogens is 258 g/mol. The molecule has 1 aromatic carbocycles. The van der Waals surface area contributed by atoms with Crippen LogP contribution in [0.25, 0.3) is 0 Å². The van der Waals surface area contributed by atoms with Crippen molar-refractivity contribution in [1.82, 2.24) is 10.2 Å². The highest BCUT2D eigenvalue weighted by Crippen LogP contribution is 2.26. The van der Waals surface area contributed by atoms with E-state index in [-0.39, 0.29) is 0 Å². The first kappa shape index (κ1) is 14.9. The highest BCUT2D eigenvalue weighted by Gasteiger charge is 2.16. The van der Waals surface area contributed by atoms with Gasteiger partial charge in [0.1, 0.15) is 0 Å². The first-order valence-electron chi connectivity index (χ1n) is 8.44. The summed E-state index contributed by atoms with van der Waals surface area (Å²) in [7, 11) is 4.43. The molecule has 2 heterocycles. The van der Waals surface area contributed by atoms with Crippen molar-refractivity contribution < 1.29 is 0 Å². The number of hydrogen-bond acceptors (Lipinski definition) is 3. The molecule has 3 rings (SSSR count). The molecule has 2 aliphatic rings. The van der Waals surface area contributed by atoms with E-state index in [9.17, 15) is 0 Å². The average molecular weight is 287 g/mol. The van der Waals surface area contributed by atoms with Gasteiger partial charge in [-0.25, -0.2) is 0 Å². The van der Waals surface area contributed by atoms with Crippen LogP contribution in [0.15, 0.2) is 18.2 Å². The van der Waals surface area contributed by atoms with Crippen molar-refractivity contribution in [2.24, 2.45) is 5.92 Å². The minimum atomic E-state index is 0.866. The van der Waals surface area contributed by atoms with Crippen molar-refractivity contribution in [2.45, 2.75) is 32.2 Å². The summed E-state index contributed by atoms with van der Waals surface area (Å²) < 4.78 is 0. The molecule has 0 spiro atoms. The summed E-state index contributed by atoms with van der Waals surface area (Å²) in [5, 5.41) is 3.67. The SMILES string of the molecule is CN1CCC(CNCc2ccc3c(c2)CCCN3C)CC1. The molecule has 3 heteroatoms. The summed E-state index contributed by atoms with van der Waals surface area (Å²) >= 11 is 0. The van der Waals surface area contributed by atoms with Gasteiger partial charge in [0.2, 0.25) is 0 Å². The Balaban J connectivity index is 1.49. The lowest BCUT2D eigenvalue weighted by Crippen LogP contribution is -2.34. The molecule has 1 N–H and O–H groups in total. The van der Waals surface area contributed by atoms with Gasteiger partial charge in [0.05, 0.1) is 0 Å². The van der Waals surface area contributed by atoms with Gasteiger partial charge in [-0.05, 0) is 75.5 Å². The van der Waals surface area contributed by atoms with E-state index < -0.39 is 0 Å². The minimum Gasteiger partial charge on any atom is -0.374 e. The van der Waals surface area contributed by atoms with E-state index >= 15 is 0 Å². The van der Waals surface area contributed by atoms with Crippen molar-refractivity contribution in [3.63, 3.8) is 0 Å². The largest absolute Gasteiger partial charge is 0.374 e. The lowest BCUT2D eigenvalue weighted by atomic mass is 9.97. The Morgan fingerprint density at radius 2 is 1.95 bits per heavy atom. The Hall–Kier alpha value is -1.06. The van der Waals surface area contributed by atoms with Gasteiger partial charge < -0.3 is 15.1 Å². The van der Waals surface area contributed by atoms with Crippen LogP contribution in [0.3, 0.4) is 0 Å². The normalized spacial score (nSPS) is 20.6. The molecule has 1 aromatic rings. The van der Waals surface area contributed by atoms with E-state index in [1.165, 1.54) is 68.7 Å². The maximum absolute atomic E-state index is 3.67. The molecule has 116 valence electrons. The second kappa shape index (κ2) is 6.80. The van der Waals surface area contributed by atoms with Crippen molar-refractivity contribution in [1.29, 1.82) is 0 Å². The molecule has 0 unspecified atom stereocenters. The van der Waals surface area contributed by atoms with E-state index in [4.69, 9.17) is 0 Å². The molecular formula is C18H29N3. The van der Waals surface area contributed by atoms with E-state index in [1.807, 2.05) is 0 Å². The van der Waals surface area contributed by atoms with E-state index in [0.29, 0.717) is 0 Å². The van der Waals surface area contributed by atoms with E-state index in [2.05, 4.69) is 47.4 Å². The third-order valence-electron chi connectivity index (χ3n) is 5.10. The summed E-state index contributed by atoms with van der Waals surface area (Å²) in [6.07, 6.45) is 5.22. The number of anilines is 1. The van der Waals surface area contributed by atoms with E-state index in [0.717, 1.165) is 12.5 Å². The van der Waals surface area contributed by atoms with Crippen LogP contribution < -0.4 is 10.2 Å². The quantitative estimate of drug-likeness (QED) is 0.918. The van der Waals surface area contributed by atoms with Crippen LogP contribution in [-0.2, 0) is 13.0 Å². The van der Waals surface area contributed by atoms with Crippen molar-refractivity contribution in [3.05, 3.63) is 29.3 Å². The maximum Gasteiger partial charge on any atom is 0.0396 e. The molecule has 1 fully saturated rings. The first-order valence-corrected chi connectivity index (χ1v) is 8.44. The standard InChI is InChI=1S/C18H29N3/c1-20-10-7-15(8-11-20)13-19-14-16-5-6-18-17(12-16)4-3-9-21(18)2/h5-6,12,15,19H,3-4,7-11,13-14H2,1-2H3. The summed E-state index contributed by atoms with van der Waals surface area (Å²) in [5.41, 5.74) is 4.40. The number of nitrogens with zero attached hydrogens (tertiary/aromatic N) is 2. The minimum absolute atomic E-state index is 0.866. The predicted molar refractivity (Wildman–Crippen MR) is 90.0 cm³/mol. The summed E-state index contributed by atoms with van der Waals surface area (Å²) in [6.45, 7) is 5.91. The molecule has 0 aliphatic carbocycles. The maximum atomic E-state index is 3.67. The van der Waals surface area contributed by atoms with Crippen LogP contribution in [0, 0.1) is 5.92 Å². The van der Waals surface area contributed by atoms with Crippen LogP contribution in [0.1, 0.15) is 30.4 Å². The Labute approximate surface area is 129 Å². The van der Waals surface area contributed by atoms with Gasteiger partial charge in [0, 0.05) is 25.8 Å². The number of benzene rings is 1. The molecule has 0 amide bonds. The number of fused-ring (bicyclic) bond motifs is 1. The molecule has 0 radical (unpaired) electrons. The Morgan fingerprint density at radius 3 is 2.76 bits per heavy atom. The fourth-order valence-corrected chi connectivity index (χ4v) is 3.64. The fraction of sp³-hybridized carbons (Fsp3) is 0.667. The number of likely N-dealkylation sites (tertiary alicyclic amines) is 1. The number of piperidine rings is 1. The molecule has 21 heavy (non-hydrogen) atoms. The van der Waals surface area contributed by atoms with Crippen molar-refractivity contribution >= 4 is 5.69 Å². The zero-order chi connectivity index (χ0) is 14.7. The Bertz CT molecular complexity index is 464. The lowest BCUT2D eigenvalue weighted by molar-refractivity contribution is 0.216. The number of nitrogens with one attached hydrogen (secondary N) is 1. The van der Waals surface area contributed by atoms with Gasteiger partial charge in [-0.3, -0.25) is 0 Å². The van der Waals surface area contributed by atoms with E-state index in [1.54, 1.807) is 0 Å². The highest BCUT2D eigenvalue weighted by molar-refractivity contribution is 5.56. The van der Waals surface area contributed by atoms with Gasteiger partial charge >= 0.3 is 0 Å². The second-order valence-electron chi connectivity index (χ2n) is 6.87. The molecule has 3 nitrogen and oxygen atoms in total. The van der Waals surface area contributed by atoms with Gasteiger partial charge in [0.15, 0.2) is 0 Å². The summed E-state index contributed by atoms with van der Waals surface area (Å²) in [5.74, 6) is 0.866. The molecule has 0 saturated carbocycles. The monoisotopic (exact) mass is 287 g/mol. The number of hydrogen-bond donors (Lipinski definition) is 1. The smallest absolute Gasteiger partial charge is 0.0396 e. The second-order valence-corrected chi connectivity index (χ2v) is 6.87. The zero-order valence-corrected chi connectivity index (χ0v) is 13.6. The fourth-order valence-electron chi connectivity index (χ4n) is 3.64. The van der Waals surface area contributed by atoms with Gasteiger partial charge in [-0.15, -0.1) is 0 Å². The average Bonchev–Trinajstić information content (AvgIpc) is 2.49. The molecule has 0 bridgehead atoms. The topological polar surface area (TPSA) is 18.5 Å². The molecule has 0 aromatic heterocycles. The Kier molecular flexibility index (Phi) is 4.81. The number of rotatable bonds is 4. The highest BCUT2D eigenvalue weighted by atomic mass is 15.1. The lowest BCUT2D eigenvalue weighted by Gasteiger charge is -2.29. The van der Waals surface area contributed by atoms with Crippen molar-refractivity contribution in [3.8, 4) is 0 Å². The van der Waals surface area contributed by atoms with Crippen LogP contribution in [-0.4, -0.2) is 45.2 Å². The van der Waals surface area contributed by atoms with Crippen LogP contribution >= 0.6 is 0 Å². The molecule has 1 saturated heterocycles. The van der Waals surface area contributed by atoms with Crippen LogP contribution in [0.2, 0.25) is 0 Å². The zero-order valence-electron chi connectivity index (χ0n) is 13.6. The first-order chi connectivity index (χ1) is 10.2.